The van der Waals surface area contributed by atoms with Gasteiger partial charge >= 0.3 is 39.5 Å². The maximum Gasteiger partial charge on any atom is 0.472 e. The summed E-state index contributed by atoms with van der Waals surface area (Å²) >= 11 is 0. The standard InChI is InChI=1S/C61H118O17P2/c1-9-54(8)40-32-24-17-20-26-34-42-59(64)72-48-57(78-61(66)44-36-28-19-16-23-31-39-53(6)7)50-76-80(69,70)74-46-55(62)45-73-79(67,68)75-49-56(47-71-58(63)41-33-25-18-15-22-30-38-52(4)5)77-60(65)43-35-27-14-12-10-11-13-21-29-37-51(2)3/h51-57,62H,9-50H2,1-8H3,(H,67,68)(H,69,70)/t54?,55-,56+,57+/m0/s1. The quantitative estimate of drug-likeness (QED) is 0.0222. The molecule has 19 heteroatoms. The van der Waals surface area contributed by atoms with Crippen LogP contribution in [0.4, 0.5) is 0 Å². The Morgan fingerprint density at radius 3 is 0.887 bits per heavy atom. The van der Waals surface area contributed by atoms with Gasteiger partial charge < -0.3 is 33.8 Å². The molecule has 0 aliphatic heterocycles. The summed E-state index contributed by atoms with van der Waals surface area (Å²) in [5.74, 6) is 0.667. The van der Waals surface area contributed by atoms with Crippen LogP contribution in [0.5, 0.6) is 0 Å². The van der Waals surface area contributed by atoms with Crippen molar-refractivity contribution >= 4 is 39.5 Å². The van der Waals surface area contributed by atoms with E-state index in [1.165, 1.54) is 77.0 Å². The van der Waals surface area contributed by atoms with Crippen molar-refractivity contribution in [1.29, 1.82) is 0 Å². The lowest BCUT2D eigenvalue weighted by Gasteiger charge is -2.21. The highest BCUT2D eigenvalue weighted by atomic mass is 31.2. The first-order chi connectivity index (χ1) is 38.1. The van der Waals surface area contributed by atoms with E-state index in [9.17, 15) is 43.2 Å². The number of aliphatic hydroxyl groups is 1. The van der Waals surface area contributed by atoms with Gasteiger partial charge in [0.1, 0.15) is 19.3 Å². The molecule has 0 aromatic heterocycles. The van der Waals surface area contributed by atoms with Crippen LogP contribution in [0.25, 0.3) is 0 Å². The number of phosphoric ester groups is 2. The second kappa shape index (κ2) is 51.5. The van der Waals surface area contributed by atoms with E-state index in [1.54, 1.807) is 0 Å². The number of esters is 4. The van der Waals surface area contributed by atoms with Crippen LogP contribution in [-0.2, 0) is 65.4 Å². The Bertz CT molecular complexity index is 1610. The second-order valence-corrected chi connectivity index (χ2v) is 26.7. The zero-order valence-corrected chi connectivity index (χ0v) is 53.5. The fraction of sp³-hybridized carbons (Fsp3) is 0.934. The van der Waals surface area contributed by atoms with Crippen LogP contribution in [0.15, 0.2) is 0 Å². The van der Waals surface area contributed by atoms with Gasteiger partial charge in [0.2, 0.25) is 0 Å². The monoisotopic (exact) mass is 1180 g/mol. The molecular weight excluding hydrogens is 1070 g/mol. The number of hydrogen-bond acceptors (Lipinski definition) is 15. The SMILES string of the molecule is CCC(C)CCCCCCCCC(=O)OC[C@H](COP(=O)(O)OC[C@@H](O)COP(=O)(O)OC[C@@H](COC(=O)CCCCCCCCC(C)C)OC(=O)CCCCCCCCCCCC(C)C)OC(=O)CCCCCCCCC(C)C. The molecule has 3 unspecified atom stereocenters. The minimum Gasteiger partial charge on any atom is -0.462 e. The fourth-order valence-corrected chi connectivity index (χ4v) is 10.4. The summed E-state index contributed by atoms with van der Waals surface area (Å²) in [6, 6.07) is 0. The van der Waals surface area contributed by atoms with Gasteiger partial charge in [-0.15, -0.1) is 0 Å². The van der Waals surface area contributed by atoms with Gasteiger partial charge in [0.25, 0.3) is 0 Å². The molecule has 0 spiro atoms. The van der Waals surface area contributed by atoms with Crippen LogP contribution in [-0.4, -0.2) is 96.7 Å². The summed E-state index contributed by atoms with van der Waals surface area (Å²) in [7, 11) is -9.88. The highest BCUT2D eigenvalue weighted by Gasteiger charge is 2.30. The Hall–Kier alpha value is -1.94. The lowest BCUT2D eigenvalue weighted by Crippen LogP contribution is -2.30. The molecule has 0 saturated heterocycles. The number of phosphoric acid groups is 2. The molecule has 0 amide bonds. The maximum absolute atomic E-state index is 12.9. The summed E-state index contributed by atoms with van der Waals surface area (Å²) in [4.78, 5) is 72.0. The molecule has 0 aromatic carbocycles. The average Bonchev–Trinajstić information content (AvgIpc) is 3.40. The minimum atomic E-state index is -4.94. The molecule has 0 heterocycles. The van der Waals surface area contributed by atoms with Crippen LogP contribution in [0.1, 0.15) is 287 Å². The number of unbranched alkanes of at least 4 members (excludes halogenated alkanes) is 23. The highest BCUT2D eigenvalue weighted by molar-refractivity contribution is 7.47. The lowest BCUT2D eigenvalue weighted by atomic mass is 10.00. The summed E-state index contributed by atoms with van der Waals surface area (Å²) < 4.78 is 67.8. The number of rotatable bonds is 58. The van der Waals surface area contributed by atoms with Crippen molar-refractivity contribution < 1.29 is 80.2 Å². The summed E-state index contributed by atoms with van der Waals surface area (Å²) in [6.45, 7) is 13.8. The smallest absolute Gasteiger partial charge is 0.462 e. The Morgan fingerprint density at radius 1 is 0.350 bits per heavy atom. The molecule has 17 nitrogen and oxygen atoms in total. The molecule has 80 heavy (non-hydrogen) atoms. The lowest BCUT2D eigenvalue weighted by molar-refractivity contribution is -0.161. The van der Waals surface area contributed by atoms with Gasteiger partial charge in [-0.05, 0) is 49.4 Å². The van der Waals surface area contributed by atoms with E-state index in [2.05, 4.69) is 55.4 Å². The fourth-order valence-electron chi connectivity index (χ4n) is 8.87. The van der Waals surface area contributed by atoms with E-state index in [1.807, 2.05) is 0 Å². The van der Waals surface area contributed by atoms with Crippen molar-refractivity contribution in [3.63, 3.8) is 0 Å². The Balaban J connectivity index is 5.25. The Kier molecular flexibility index (Phi) is 50.2. The van der Waals surface area contributed by atoms with E-state index in [-0.39, 0.29) is 25.7 Å². The molecule has 0 bridgehead atoms. The van der Waals surface area contributed by atoms with Crippen molar-refractivity contribution in [1.82, 2.24) is 0 Å². The van der Waals surface area contributed by atoms with Crippen LogP contribution in [0, 0.1) is 23.7 Å². The number of aliphatic hydroxyl groups excluding tert-OH is 1. The summed E-state index contributed by atoms with van der Waals surface area (Å²) in [6.07, 6.45) is 29.7. The molecule has 474 valence electrons. The van der Waals surface area contributed by atoms with Gasteiger partial charge in [0.05, 0.1) is 26.4 Å². The molecule has 0 saturated carbocycles. The number of carbonyl (C=O) groups is 4. The Labute approximate surface area is 486 Å². The van der Waals surface area contributed by atoms with Crippen LogP contribution in [0.3, 0.4) is 0 Å². The highest BCUT2D eigenvalue weighted by Crippen LogP contribution is 2.45. The first kappa shape index (κ1) is 78.1. The first-order valence-electron chi connectivity index (χ1n) is 31.7. The van der Waals surface area contributed by atoms with Gasteiger partial charge in [0, 0.05) is 25.7 Å². The van der Waals surface area contributed by atoms with Crippen molar-refractivity contribution in [3.8, 4) is 0 Å². The van der Waals surface area contributed by atoms with Crippen molar-refractivity contribution in [2.75, 3.05) is 39.6 Å². The largest absolute Gasteiger partial charge is 0.472 e. The third-order valence-electron chi connectivity index (χ3n) is 14.2. The van der Waals surface area contributed by atoms with Gasteiger partial charge in [0.15, 0.2) is 12.2 Å². The molecule has 0 radical (unpaired) electrons. The zero-order chi connectivity index (χ0) is 59.7. The predicted octanol–water partition coefficient (Wildman–Crippen LogP) is 16.2. The predicted molar refractivity (Wildman–Crippen MR) is 317 cm³/mol. The third kappa shape index (κ3) is 54.0. The molecule has 0 aliphatic carbocycles. The van der Waals surface area contributed by atoms with Gasteiger partial charge in [-0.3, -0.25) is 37.3 Å². The molecule has 0 aliphatic rings. The third-order valence-corrected chi connectivity index (χ3v) is 16.1. The topological polar surface area (TPSA) is 237 Å². The molecular formula is C61H118O17P2. The average molecular weight is 1190 g/mol. The Morgan fingerprint density at radius 2 is 0.600 bits per heavy atom. The zero-order valence-electron chi connectivity index (χ0n) is 51.7. The van der Waals surface area contributed by atoms with E-state index in [0.29, 0.717) is 37.5 Å². The van der Waals surface area contributed by atoms with Crippen LogP contribution < -0.4 is 0 Å². The van der Waals surface area contributed by atoms with Gasteiger partial charge in [-0.2, -0.15) is 0 Å². The van der Waals surface area contributed by atoms with E-state index in [4.69, 9.17) is 37.0 Å². The van der Waals surface area contributed by atoms with Crippen molar-refractivity contribution in [2.45, 2.75) is 305 Å². The molecule has 0 fully saturated rings. The van der Waals surface area contributed by atoms with Crippen molar-refractivity contribution in [2.24, 2.45) is 23.7 Å². The first-order valence-corrected chi connectivity index (χ1v) is 34.7. The van der Waals surface area contributed by atoms with Crippen LogP contribution >= 0.6 is 15.6 Å². The molecule has 0 aromatic rings. The molecule has 3 N–H and O–H groups in total. The van der Waals surface area contributed by atoms with Gasteiger partial charge in [-0.1, -0.05) is 235 Å². The summed E-state index contributed by atoms with van der Waals surface area (Å²) in [5.41, 5.74) is 0. The number of hydrogen-bond donors (Lipinski definition) is 3. The van der Waals surface area contributed by atoms with Crippen molar-refractivity contribution in [3.05, 3.63) is 0 Å². The van der Waals surface area contributed by atoms with Gasteiger partial charge in [-0.25, -0.2) is 9.13 Å². The minimum absolute atomic E-state index is 0.100. The molecule has 6 atom stereocenters. The van der Waals surface area contributed by atoms with E-state index >= 15 is 0 Å². The number of ether oxygens (including phenoxy) is 4. The summed E-state index contributed by atoms with van der Waals surface area (Å²) in [5, 5.41) is 10.5. The van der Waals surface area contributed by atoms with E-state index in [0.717, 1.165) is 115 Å². The maximum atomic E-state index is 12.9. The van der Waals surface area contributed by atoms with E-state index < -0.39 is 97.5 Å². The normalized spacial score (nSPS) is 14.9. The van der Waals surface area contributed by atoms with Crippen LogP contribution in [0.2, 0.25) is 0 Å². The second-order valence-electron chi connectivity index (χ2n) is 23.8. The number of carbonyl (C=O) groups excluding carboxylic acids is 4. The molecule has 0 rings (SSSR count).